The van der Waals surface area contributed by atoms with Crippen molar-refractivity contribution in [1.29, 1.82) is 0 Å². The Hall–Kier alpha value is -1.72. The minimum absolute atomic E-state index is 0.430. The molecule has 0 atom stereocenters. The molecule has 1 aromatic rings. The van der Waals surface area contributed by atoms with Gasteiger partial charge >= 0.3 is 0 Å². The Morgan fingerprint density at radius 1 is 1.20 bits per heavy atom. The van der Waals surface area contributed by atoms with E-state index in [1.807, 2.05) is 19.1 Å². The first-order chi connectivity index (χ1) is 9.66. The zero-order valence-electron chi connectivity index (χ0n) is 11.7. The van der Waals surface area contributed by atoms with Gasteiger partial charge in [0.1, 0.15) is 0 Å². The van der Waals surface area contributed by atoms with Crippen LogP contribution >= 0.6 is 0 Å². The molecule has 0 radical (unpaired) electrons. The monoisotopic (exact) mass is 276 g/mol. The van der Waals surface area contributed by atoms with Crippen molar-refractivity contribution in [2.45, 2.75) is 6.92 Å². The first-order valence-corrected chi connectivity index (χ1v) is 6.86. The van der Waals surface area contributed by atoms with E-state index in [-0.39, 0.29) is 0 Å². The van der Waals surface area contributed by atoms with E-state index in [1.165, 1.54) is 0 Å². The Kier molecular flexibility index (Phi) is 5.26. The Labute approximate surface area is 118 Å². The Bertz CT molecular complexity index is 465. The summed E-state index contributed by atoms with van der Waals surface area (Å²) in [4.78, 5) is 25.9. The average molecular weight is 276 g/mol. The van der Waals surface area contributed by atoms with E-state index >= 15 is 0 Å². The molecule has 1 N–H and O–H groups in total. The molecule has 1 aromatic carbocycles. The minimum Gasteiger partial charge on any atom is -0.379 e. The maximum atomic E-state index is 11.9. The fraction of sp³-hybridized carbons (Fsp3) is 0.467. The highest BCUT2D eigenvalue weighted by Gasteiger charge is 2.16. The second kappa shape index (κ2) is 7.17. The number of Topliss-reactive ketones (excluding diaryl/α,β-unsaturated/α-hetero) is 1. The van der Waals surface area contributed by atoms with Crippen LogP contribution in [0.1, 0.15) is 15.9 Å². The van der Waals surface area contributed by atoms with Crippen LogP contribution in [0.25, 0.3) is 0 Å². The van der Waals surface area contributed by atoms with Crippen LogP contribution in [-0.4, -0.2) is 56.0 Å². The molecular formula is C15H20N2O3. The largest absolute Gasteiger partial charge is 0.379 e. The van der Waals surface area contributed by atoms with Crippen molar-refractivity contribution in [2.24, 2.45) is 0 Å². The van der Waals surface area contributed by atoms with Crippen molar-refractivity contribution in [1.82, 2.24) is 10.2 Å². The SMILES string of the molecule is Cc1ccc(C(=O)C(=O)NCCN2CCOCC2)cc1. The molecule has 5 heteroatoms. The van der Waals surface area contributed by atoms with Gasteiger partial charge in [0.05, 0.1) is 13.2 Å². The van der Waals surface area contributed by atoms with Crippen molar-refractivity contribution in [2.75, 3.05) is 39.4 Å². The fourth-order valence-electron chi connectivity index (χ4n) is 2.07. The Balaban J connectivity index is 1.76. The van der Waals surface area contributed by atoms with Crippen LogP contribution in [-0.2, 0) is 9.53 Å². The topological polar surface area (TPSA) is 58.6 Å². The first kappa shape index (κ1) is 14.7. The number of benzene rings is 1. The standard InChI is InChI=1S/C15H20N2O3/c1-12-2-4-13(5-3-12)14(18)15(19)16-6-7-17-8-10-20-11-9-17/h2-5H,6-11H2,1H3,(H,16,19). The van der Waals surface area contributed by atoms with Gasteiger partial charge < -0.3 is 10.1 Å². The lowest BCUT2D eigenvalue weighted by Gasteiger charge is -2.26. The number of ketones is 1. The van der Waals surface area contributed by atoms with Crippen LogP contribution in [0.3, 0.4) is 0 Å². The molecule has 5 nitrogen and oxygen atoms in total. The van der Waals surface area contributed by atoms with Crippen LogP contribution in [0.15, 0.2) is 24.3 Å². The molecule has 1 aliphatic rings. The quantitative estimate of drug-likeness (QED) is 0.633. The zero-order chi connectivity index (χ0) is 14.4. The molecule has 20 heavy (non-hydrogen) atoms. The van der Waals surface area contributed by atoms with E-state index in [4.69, 9.17) is 4.74 Å². The number of aryl methyl sites for hydroxylation is 1. The van der Waals surface area contributed by atoms with Gasteiger partial charge in [0.25, 0.3) is 5.91 Å². The zero-order valence-corrected chi connectivity index (χ0v) is 11.7. The molecule has 0 bridgehead atoms. The minimum atomic E-state index is -0.540. The summed E-state index contributed by atoms with van der Waals surface area (Å²) in [6.07, 6.45) is 0. The number of morpholine rings is 1. The number of ether oxygens (including phenoxy) is 1. The maximum absolute atomic E-state index is 11.9. The molecule has 2 rings (SSSR count). The molecule has 1 fully saturated rings. The van der Waals surface area contributed by atoms with E-state index < -0.39 is 11.7 Å². The van der Waals surface area contributed by atoms with Gasteiger partial charge in [-0.3, -0.25) is 14.5 Å². The number of hydrogen-bond acceptors (Lipinski definition) is 4. The number of nitrogens with one attached hydrogen (secondary N) is 1. The summed E-state index contributed by atoms with van der Waals surface area (Å²) in [5.41, 5.74) is 1.49. The molecule has 1 saturated heterocycles. The molecule has 0 aliphatic carbocycles. The average Bonchev–Trinajstić information content (AvgIpc) is 2.48. The lowest BCUT2D eigenvalue weighted by atomic mass is 10.1. The predicted molar refractivity (Wildman–Crippen MR) is 75.8 cm³/mol. The van der Waals surface area contributed by atoms with Gasteiger partial charge in [0, 0.05) is 31.7 Å². The van der Waals surface area contributed by atoms with Crippen molar-refractivity contribution < 1.29 is 14.3 Å². The number of hydrogen-bond donors (Lipinski definition) is 1. The van der Waals surface area contributed by atoms with Crippen molar-refractivity contribution in [3.8, 4) is 0 Å². The van der Waals surface area contributed by atoms with Crippen LogP contribution in [0.2, 0.25) is 0 Å². The van der Waals surface area contributed by atoms with E-state index in [0.29, 0.717) is 12.1 Å². The van der Waals surface area contributed by atoms with E-state index in [0.717, 1.165) is 38.4 Å². The van der Waals surface area contributed by atoms with Gasteiger partial charge in [0.15, 0.2) is 0 Å². The van der Waals surface area contributed by atoms with Crippen molar-refractivity contribution >= 4 is 11.7 Å². The predicted octanol–water partition coefficient (Wildman–Crippen LogP) is 0.626. The van der Waals surface area contributed by atoms with Crippen LogP contribution in [0, 0.1) is 6.92 Å². The normalized spacial score (nSPS) is 15.8. The Morgan fingerprint density at radius 2 is 1.85 bits per heavy atom. The van der Waals surface area contributed by atoms with Crippen molar-refractivity contribution in [3.63, 3.8) is 0 Å². The molecule has 1 aliphatic heterocycles. The van der Waals surface area contributed by atoms with E-state index in [1.54, 1.807) is 12.1 Å². The molecule has 108 valence electrons. The van der Waals surface area contributed by atoms with Crippen LogP contribution < -0.4 is 5.32 Å². The molecule has 0 saturated carbocycles. The molecule has 0 aromatic heterocycles. The van der Waals surface area contributed by atoms with E-state index in [2.05, 4.69) is 10.2 Å². The third-order valence-corrected chi connectivity index (χ3v) is 3.34. The second-order valence-electron chi connectivity index (χ2n) is 4.91. The van der Waals surface area contributed by atoms with Gasteiger partial charge in [0.2, 0.25) is 5.78 Å². The lowest BCUT2D eigenvalue weighted by molar-refractivity contribution is -0.117. The molecular weight excluding hydrogens is 256 g/mol. The number of nitrogens with zero attached hydrogens (tertiary/aromatic N) is 1. The summed E-state index contributed by atoms with van der Waals surface area (Å²) in [7, 11) is 0. The third kappa shape index (κ3) is 4.15. The summed E-state index contributed by atoms with van der Waals surface area (Å²) >= 11 is 0. The molecule has 1 amide bonds. The van der Waals surface area contributed by atoms with Gasteiger partial charge in [-0.15, -0.1) is 0 Å². The van der Waals surface area contributed by atoms with Gasteiger partial charge in [-0.05, 0) is 6.92 Å². The molecule has 0 spiro atoms. The second-order valence-corrected chi connectivity index (χ2v) is 4.91. The van der Waals surface area contributed by atoms with Gasteiger partial charge in [-0.2, -0.15) is 0 Å². The number of carbonyl (C=O) groups is 2. The highest BCUT2D eigenvalue weighted by atomic mass is 16.5. The summed E-state index contributed by atoms with van der Waals surface area (Å²) in [5.74, 6) is -1.02. The van der Waals surface area contributed by atoms with E-state index in [9.17, 15) is 9.59 Å². The first-order valence-electron chi connectivity index (χ1n) is 6.86. The van der Waals surface area contributed by atoms with Crippen LogP contribution in [0.4, 0.5) is 0 Å². The Morgan fingerprint density at radius 3 is 2.50 bits per heavy atom. The lowest BCUT2D eigenvalue weighted by Crippen LogP contribution is -2.42. The third-order valence-electron chi connectivity index (χ3n) is 3.34. The fourth-order valence-corrected chi connectivity index (χ4v) is 2.07. The smallest absolute Gasteiger partial charge is 0.292 e. The van der Waals surface area contributed by atoms with Crippen molar-refractivity contribution in [3.05, 3.63) is 35.4 Å². The molecule has 1 heterocycles. The van der Waals surface area contributed by atoms with Gasteiger partial charge in [-0.1, -0.05) is 29.8 Å². The number of carbonyl (C=O) groups excluding carboxylic acids is 2. The molecule has 0 unspecified atom stereocenters. The summed E-state index contributed by atoms with van der Waals surface area (Å²) in [6, 6.07) is 7.01. The number of amides is 1. The number of rotatable bonds is 5. The van der Waals surface area contributed by atoms with Crippen LogP contribution in [0.5, 0.6) is 0 Å². The highest BCUT2D eigenvalue weighted by molar-refractivity contribution is 6.42. The van der Waals surface area contributed by atoms with Gasteiger partial charge in [-0.25, -0.2) is 0 Å². The summed E-state index contributed by atoms with van der Waals surface area (Å²) in [5, 5.41) is 2.67. The maximum Gasteiger partial charge on any atom is 0.292 e. The summed E-state index contributed by atoms with van der Waals surface area (Å²) in [6.45, 7) is 6.39. The highest BCUT2D eigenvalue weighted by Crippen LogP contribution is 2.04. The summed E-state index contributed by atoms with van der Waals surface area (Å²) < 4.78 is 5.25.